The highest BCUT2D eigenvalue weighted by Gasteiger charge is 2.34. The number of carbonyl (C=O) groups is 1. The Labute approximate surface area is 203 Å². The van der Waals surface area contributed by atoms with E-state index in [1.807, 2.05) is 30.5 Å². The Balaban J connectivity index is 1.32. The second-order valence-electron chi connectivity index (χ2n) is 9.21. The highest BCUT2D eigenvalue weighted by atomic mass is 35.5. The van der Waals surface area contributed by atoms with Crippen LogP contribution in [0.15, 0.2) is 60.9 Å². The highest BCUT2D eigenvalue weighted by molar-refractivity contribution is 6.33. The first-order valence-electron chi connectivity index (χ1n) is 11.4. The van der Waals surface area contributed by atoms with Crippen LogP contribution in [0.2, 0.25) is 5.02 Å². The minimum atomic E-state index is -0.333. The number of para-hydroxylation sites is 1. The molecule has 0 unspecified atom stereocenters. The third kappa shape index (κ3) is 4.56. The fourth-order valence-corrected chi connectivity index (χ4v) is 4.97. The van der Waals surface area contributed by atoms with Crippen molar-refractivity contribution < 1.29 is 4.79 Å². The number of aromatic nitrogens is 3. The van der Waals surface area contributed by atoms with Crippen LogP contribution in [0.5, 0.6) is 0 Å². The van der Waals surface area contributed by atoms with Gasteiger partial charge >= 0.3 is 0 Å². The van der Waals surface area contributed by atoms with Crippen LogP contribution in [-0.4, -0.2) is 32.4 Å². The number of anilines is 2. The molecular weight excluding hydrogens is 448 g/mol. The molecule has 4 aromatic rings. The van der Waals surface area contributed by atoms with Gasteiger partial charge in [-0.2, -0.15) is 0 Å². The molecule has 1 aliphatic rings. The van der Waals surface area contributed by atoms with Crippen LogP contribution in [0.25, 0.3) is 22.2 Å². The average molecular weight is 475 g/mol. The number of nitrogens with one attached hydrogen (secondary N) is 3. The lowest BCUT2D eigenvalue weighted by molar-refractivity contribution is 0.0879. The number of H-pyrrole nitrogens is 1. The fraction of sp³-hybridized carbons (Fsp3) is 0.269. The van der Waals surface area contributed by atoms with E-state index in [4.69, 9.17) is 22.3 Å². The van der Waals surface area contributed by atoms with Crippen LogP contribution in [0.1, 0.15) is 43.0 Å². The van der Waals surface area contributed by atoms with E-state index < -0.39 is 0 Å². The molecule has 34 heavy (non-hydrogen) atoms. The van der Waals surface area contributed by atoms with Gasteiger partial charge in [0.15, 0.2) is 0 Å². The van der Waals surface area contributed by atoms with Gasteiger partial charge in [0.05, 0.1) is 16.9 Å². The summed E-state index contributed by atoms with van der Waals surface area (Å²) < 4.78 is 0. The Kier molecular flexibility index (Phi) is 5.87. The van der Waals surface area contributed by atoms with Crippen LogP contribution in [0.3, 0.4) is 0 Å². The average Bonchev–Trinajstić information content (AvgIpc) is 3.24. The monoisotopic (exact) mass is 474 g/mol. The van der Waals surface area contributed by atoms with Gasteiger partial charge in [-0.05, 0) is 62.9 Å². The van der Waals surface area contributed by atoms with Crippen molar-refractivity contribution in [1.29, 1.82) is 0 Å². The first kappa shape index (κ1) is 22.2. The first-order chi connectivity index (χ1) is 16.4. The van der Waals surface area contributed by atoms with Crippen molar-refractivity contribution >= 4 is 40.0 Å². The highest BCUT2D eigenvalue weighted by Crippen LogP contribution is 2.34. The molecule has 1 aliphatic carbocycles. The summed E-state index contributed by atoms with van der Waals surface area (Å²) in [5, 5.41) is 8.26. The molecule has 174 valence electrons. The third-order valence-corrected chi connectivity index (χ3v) is 6.76. The smallest absolute Gasteiger partial charge is 0.251 e. The molecule has 5 rings (SSSR count). The number of nitrogens with two attached hydrogens (primary N) is 1. The van der Waals surface area contributed by atoms with Crippen LogP contribution in [-0.2, 0) is 0 Å². The lowest BCUT2D eigenvalue weighted by atomic mass is 9.80. The zero-order valence-corrected chi connectivity index (χ0v) is 19.7. The van der Waals surface area contributed by atoms with Crippen molar-refractivity contribution in [2.24, 2.45) is 0 Å². The van der Waals surface area contributed by atoms with Crippen molar-refractivity contribution in [3.05, 3.63) is 71.5 Å². The molecule has 0 aliphatic heterocycles. The number of nitrogens with zero attached hydrogens (tertiary/aromatic N) is 2. The Hall–Kier alpha value is -3.58. The maximum Gasteiger partial charge on any atom is 0.251 e. The molecule has 2 aromatic carbocycles. The number of halogens is 1. The van der Waals surface area contributed by atoms with Crippen LogP contribution >= 0.6 is 11.6 Å². The molecule has 2 heterocycles. The quantitative estimate of drug-likeness (QED) is 0.289. The van der Waals surface area contributed by atoms with E-state index in [9.17, 15) is 4.79 Å². The van der Waals surface area contributed by atoms with Crippen molar-refractivity contribution in [2.45, 2.75) is 44.2 Å². The molecule has 2 atom stereocenters. The Morgan fingerprint density at radius 2 is 2.00 bits per heavy atom. The predicted molar refractivity (Wildman–Crippen MR) is 137 cm³/mol. The number of hydrogen-bond acceptors (Lipinski definition) is 5. The number of aromatic amines is 1. The standard InChI is InChI=1S/C26H27ClN6O/c1-26(33-24(34)16-8-10-17(28)11-9-16)12-4-5-18(13-26)31-25-30-15-21(27)23(32-25)20-14-29-22-7-3-2-6-19(20)22/h2-3,6-11,14-15,18,29H,4-5,12-13,28H2,1H3,(H,33,34)(H,30,31,32)/t18-,26+/m1/s1. The molecular formula is C26H27ClN6O. The second kappa shape index (κ2) is 8.99. The number of rotatable bonds is 5. The van der Waals surface area contributed by atoms with Crippen LogP contribution < -0.4 is 16.4 Å². The van der Waals surface area contributed by atoms with Gasteiger partial charge in [-0.25, -0.2) is 9.97 Å². The van der Waals surface area contributed by atoms with E-state index >= 15 is 0 Å². The number of benzene rings is 2. The molecule has 0 radical (unpaired) electrons. The summed E-state index contributed by atoms with van der Waals surface area (Å²) >= 11 is 6.48. The number of nitrogen functional groups attached to an aromatic ring is 1. The van der Waals surface area contributed by atoms with Crippen molar-refractivity contribution in [3.8, 4) is 11.3 Å². The first-order valence-corrected chi connectivity index (χ1v) is 11.8. The molecule has 0 spiro atoms. The van der Waals surface area contributed by atoms with Gasteiger partial charge in [0, 0.05) is 45.5 Å². The maximum absolute atomic E-state index is 12.8. The molecule has 7 nitrogen and oxygen atoms in total. The normalized spacial score (nSPS) is 20.2. The van der Waals surface area contributed by atoms with Gasteiger partial charge < -0.3 is 21.4 Å². The Bertz CT molecular complexity index is 1330. The SMILES string of the molecule is C[C@]1(NC(=O)c2ccc(N)cc2)CCC[C@@H](Nc2ncc(Cl)c(-c3c[nH]c4ccccc34)n2)C1. The van der Waals surface area contributed by atoms with E-state index in [0.717, 1.165) is 42.1 Å². The molecule has 0 saturated heterocycles. The molecule has 1 amide bonds. The molecule has 1 fully saturated rings. The van der Waals surface area contributed by atoms with Gasteiger partial charge in [-0.3, -0.25) is 4.79 Å². The Morgan fingerprint density at radius 3 is 2.82 bits per heavy atom. The largest absolute Gasteiger partial charge is 0.399 e. The number of amides is 1. The van der Waals surface area contributed by atoms with E-state index in [-0.39, 0.29) is 17.5 Å². The summed E-state index contributed by atoms with van der Waals surface area (Å²) in [5.74, 6) is 0.441. The van der Waals surface area contributed by atoms with E-state index in [1.54, 1.807) is 30.5 Å². The minimum absolute atomic E-state index is 0.0903. The number of hydrogen-bond donors (Lipinski definition) is 4. The minimum Gasteiger partial charge on any atom is -0.399 e. The molecule has 0 bridgehead atoms. The fourth-order valence-electron chi connectivity index (χ4n) is 4.78. The molecule has 2 aromatic heterocycles. The van der Waals surface area contributed by atoms with Gasteiger partial charge in [0.2, 0.25) is 5.95 Å². The lowest BCUT2D eigenvalue weighted by Gasteiger charge is -2.39. The number of fused-ring (bicyclic) bond motifs is 1. The summed E-state index contributed by atoms with van der Waals surface area (Å²) in [7, 11) is 0. The topological polar surface area (TPSA) is 109 Å². The van der Waals surface area contributed by atoms with Gasteiger partial charge in [0.25, 0.3) is 5.91 Å². The van der Waals surface area contributed by atoms with Crippen LogP contribution in [0, 0.1) is 0 Å². The summed E-state index contributed by atoms with van der Waals surface area (Å²) in [6, 6.07) is 15.2. The van der Waals surface area contributed by atoms with Crippen molar-refractivity contribution in [1.82, 2.24) is 20.3 Å². The summed E-state index contributed by atoms with van der Waals surface area (Å²) in [5.41, 5.74) is 9.31. The maximum atomic E-state index is 12.8. The van der Waals surface area contributed by atoms with E-state index in [2.05, 4.69) is 27.5 Å². The van der Waals surface area contributed by atoms with E-state index in [0.29, 0.717) is 27.9 Å². The molecule has 5 N–H and O–H groups in total. The van der Waals surface area contributed by atoms with Gasteiger partial charge in [-0.15, -0.1) is 0 Å². The predicted octanol–water partition coefficient (Wildman–Crippen LogP) is 5.40. The van der Waals surface area contributed by atoms with E-state index in [1.165, 1.54) is 0 Å². The number of carbonyl (C=O) groups excluding carboxylic acids is 1. The summed E-state index contributed by atoms with van der Waals surface area (Å²) in [6.45, 7) is 2.09. The van der Waals surface area contributed by atoms with Crippen molar-refractivity contribution in [2.75, 3.05) is 11.1 Å². The zero-order valence-electron chi connectivity index (χ0n) is 18.9. The molecule has 1 saturated carbocycles. The lowest BCUT2D eigenvalue weighted by Crippen LogP contribution is -2.51. The van der Waals surface area contributed by atoms with Gasteiger partial charge in [-0.1, -0.05) is 29.8 Å². The van der Waals surface area contributed by atoms with Gasteiger partial charge in [0.1, 0.15) is 0 Å². The summed E-state index contributed by atoms with van der Waals surface area (Å²) in [6.07, 6.45) is 7.20. The summed E-state index contributed by atoms with van der Waals surface area (Å²) in [4.78, 5) is 25.2. The zero-order chi connectivity index (χ0) is 23.7. The second-order valence-corrected chi connectivity index (χ2v) is 9.62. The third-order valence-electron chi connectivity index (χ3n) is 6.49. The Morgan fingerprint density at radius 1 is 1.21 bits per heavy atom. The molecule has 8 heteroatoms. The van der Waals surface area contributed by atoms with Crippen molar-refractivity contribution in [3.63, 3.8) is 0 Å². The van der Waals surface area contributed by atoms with Crippen LogP contribution in [0.4, 0.5) is 11.6 Å².